The Kier molecular flexibility index (Phi) is 3.75. The summed E-state index contributed by atoms with van der Waals surface area (Å²) in [6.07, 6.45) is 2.04. The van der Waals surface area contributed by atoms with Gasteiger partial charge in [-0.2, -0.15) is 0 Å². The first-order valence-electron chi connectivity index (χ1n) is 10.7. The predicted molar refractivity (Wildman–Crippen MR) is 137 cm³/mol. The number of fused-ring (bicyclic) bond motifs is 7. The molecule has 150 valence electrons. The van der Waals surface area contributed by atoms with Crippen molar-refractivity contribution in [2.45, 2.75) is 0 Å². The van der Waals surface area contributed by atoms with Crippen LogP contribution in [0.1, 0.15) is 0 Å². The van der Waals surface area contributed by atoms with Crippen LogP contribution >= 0.6 is 11.3 Å². The SMILES string of the molecule is c1ccc(-c2ccc(-n3c4ccccc4c4c5sc6ccccc6c5ncc43)cc2)cc1. The van der Waals surface area contributed by atoms with Gasteiger partial charge in [0, 0.05) is 26.5 Å². The number of hydrogen-bond donors (Lipinski definition) is 0. The second-order valence-corrected chi connectivity index (χ2v) is 9.11. The standard InChI is InChI=1S/C29H18N2S/c1-2-8-19(9-3-1)20-14-16-21(17-15-20)31-24-12-6-4-10-22(24)27-25(31)18-30-28-23-11-5-7-13-26(23)32-29(27)28/h1-18H. The molecular weight excluding hydrogens is 408 g/mol. The van der Waals surface area contributed by atoms with Crippen LogP contribution in [0.2, 0.25) is 0 Å². The maximum absolute atomic E-state index is 4.93. The molecule has 0 saturated carbocycles. The first-order valence-corrected chi connectivity index (χ1v) is 11.6. The van der Waals surface area contributed by atoms with Gasteiger partial charge < -0.3 is 4.57 Å². The lowest BCUT2D eigenvalue weighted by Crippen LogP contribution is -1.94. The molecule has 7 aromatic rings. The molecule has 2 nitrogen and oxygen atoms in total. The molecule has 3 aromatic heterocycles. The molecule has 0 bridgehead atoms. The molecular formula is C29H18N2S. The Balaban J connectivity index is 1.53. The quantitative estimate of drug-likeness (QED) is 0.272. The maximum atomic E-state index is 4.93. The Hall–Kier alpha value is -3.95. The van der Waals surface area contributed by atoms with Crippen LogP contribution in [-0.2, 0) is 0 Å². The summed E-state index contributed by atoms with van der Waals surface area (Å²) in [7, 11) is 0. The molecule has 32 heavy (non-hydrogen) atoms. The van der Waals surface area contributed by atoms with E-state index in [0.717, 1.165) is 16.7 Å². The van der Waals surface area contributed by atoms with Gasteiger partial charge in [0.2, 0.25) is 0 Å². The number of aromatic nitrogens is 2. The van der Waals surface area contributed by atoms with Gasteiger partial charge in [0.15, 0.2) is 0 Å². The predicted octanol–water partition coefficient (Wildman–Crippen LogP) is 8.21. The van der Waals surface area contributed by atoms with E-state index in [1.807, 2.05) is 17.5 Å². The largest absolute Gasteiger partial charge is 0.308 e. The molecule has 0 N–H and O–H groups in total. The van der Waals surface area contributed by atoms with Crippen molar-refractivity contribution in [2.24, 2.45) is 0 Å². The van der Waals surface area contributed by atoms with Crippen LogP contribution in [0, 0.1) is 0 Å². The molecule has 0 unspecified atom stereocenters. The normalized spacial score (nSPS) is 11.8. The molecule has 0 fully saturated rings. The minimum Gasteiger partial charge on any atom is -0.308 e. The third kappa shape index (κ3) is 2.49. The summed E-state index contributed by atoms with van der Waals surface area (Å²) < 4.78 is 4.89. The van der Waals surface area contributed by atoms with Gasteiger partial charge in [0.05, 0.1) is 27.4 Å². The Morgan fingerprint density at radius 3 is 2.12 bits per heavy atom. The van der Waals surface area contributed by atoms with Crippen molar-refractivity contribution in [3.63, 3.8) is 0 Å². The van der Waals surface area contributed by atoms with Crippen molar-refractivity contribution in [2.75, 3.05) is 0 Å². The average Bonchev–Trinajstić information content (AvgIpc) is 3.40. The molecule has 4 aromatic carbocycles. The summed E-state index contributed by atoms with van der Waals surface area (Å²) in [5.41, 5.74) is 7.06. The summed E-state index contributed by atoms with van der Waals surface area (Å²) >= 11 is 1.84. The van der Waals surface area contributed by atoms with Crippen LogP contribution in [0.25, 0.3) is 58.9 Å². The van der Waals surface area contributed by atoms with Crippen molar-refractivity contribution in [1.29, 1.82) is 0 Å². The van der Waals surface area contributed by atoms with Crippen molar-refractivity contribution in [3.05, 3.63) is 109 Å². The number of hydrogen-bond acceptors (Lipinski definition) is 2. The van der Waals surface area contributed by atoms with Crippen LogP contribution in [-0.4, -0.2) is 9.55 Å². The summed E-state index contributed by atoms with van der Waals surface area (Å²) in [5, 5.41) is 3.80. The third-order valence-corrected chi connectivity index (χ3v) is 7.43. The van der Waals surface area contributed by atoms with E-state index in [1.54, 1.807) is 0 Å². The van der Waals surface area contributed by atoms with E-state index >= 15 is 0 Å². The van der Waals surface area contributed by atoms with Gasteiger partial charge in [-0.25, -0.2) is 0 Å². The number of benzene rings is 4. The second-order valence-electron chi connectivity index (χ2n) is 8.06. The highest BCUT2D eigenvalue weighted by Gasteiger charge is 2.17. The molecule has 0 radical (unpaired) electrons. The van der Waals surface area contributed by atoms with E-state index in [1.165, 1.54) is 42.2 Å². The average molecular weight is 427 g/mol. The Morgan fingerprint density at radius 1 is 0.594 bits per heavy atom. The smallest absolute Gasteiger partial charge is 0.0896 e. The fourth-order valence-corrected chi connectivity index (χ4v) is 6.00. The lowest BCUT2D eigenvalue weighted by Gasteiger charge is -2.09. The zero-order chi connectivity index (χ0) is 21.1. The molecule has 0 amide bonds. The molecule has 0 spiro atoms. The van der Waals surface area contributed by atoms with E-state index in [-0.39, 0.29) is 0 Å². The Labute approximate surface area is 189 Å². The van der Waals surface area contributed by atoms with Crippen molar-refractivity contribution in [1.82, 2.24) is 9.55 Å². The summed E-state index contributed by atoms with van der Waals surface area (Å²) in [4.78, 5) is 4.93. The highest BCUT2D eigenvalue weighted by atomic mass is 32.1. The zero-order valence-electron chi connectivity index (χ0n) is 17.2. The van der Waals surface area contributed by atoms with Gasteiger partial charge in [0.1, 0.15) is 0 Å². The summed E-state index contributed by atoms with van der Waals surface area (Å²) in [5.74, 6) is 0. The molecule has 0 aliphatic rings. The molecule has 0 aliphatic heterocycles. The number of para-hydroxylation sites is 1. The molecule has 3 heteroatoms. The Morgan fingerprint density at radius 2 is 1.28 bits per heavy atom. The van der Waals surface area contributed by atoms with Gasteiger partial charge in [-0.3, -0.25) is 4.98 Å². The van der Waals surface area contributed by atoms with E-state index in [0.29, 0.717) is 0 Å². The summed E-state index contributed by atoms with van der Waals surface area (Å²) in [6.45, 7) is 0. The molecule has 0 saturated heterocycles. The fraction of sp³-hybridized carbons (Fsp3) is 0. The number of nitrogens with zero attached hydrogens (tertiary/aromatic N) is 2. The lowest BCUT2D eigenvalue weighted by atomic mass is 10.1. The van der Waals surface area contributed by atoms with E-state index in [9.17, 15) is 0 Å². The maximum Gasteiger partial charge on any atom is 0.0896 e. The molecule has 0 aliphatic carbocycles. The van der Waals surface area contributed by atoms with Crippen LogP contribution < -0.4 is 0 Å². The van der Waals surface area contributed by atoms with Gasteiger partial charge in [-0.05, 0) is 35.4 Å². The number of rotatable bonds is 2. The highest BCUT2D eigenvalue weighted by molar-refractivity contribution is 7.26. The van der Waals surface area contributed by atoms with Gasteiger partial charge in [0.25, 0.3) is 0 Å². The molecule has 7 rings (SSSR count). The van der Waals surface area contributed by atoms with Crippen molar-refractivity contribution < 1.29 is 0 Å². The topological polar surface area (TPSA) is 17.8 Å². The van der Waals surface area contributed by atoms with Crippen LogP contribution in [0.3, 0.4) is 0 Å². The molecule has 3 heterocycles. The highest BCUT2D eigenvalue weighted by Crippen LogP contribution is 2.42. The van der Waals surface area contributed by atoms with E-state index < -0.39 is 0 Å². The van der Waals surface area contributed by atoms with Crippen molar-refractivity contribution >= 4 is 53.4 Å². The minimum atomic E-state index is 1.10. The first kappa shape index (κ1) is 17.7. The minimum absolute atomic E-state index is 1.10. The molecule has 0 atom stereocenters. The monoisotopic (exact) mass is 426 g/mol. The Bertz CT molecular complexity index is 1760. The van der Waals surface area contributed by atoms with Crippen LogP contribution in [0.4, 0.5) is 0 Å². The van der Waals surface area contributed by atoms with Crippen LogP contribution in [0.5, 0.6) is 0 Å². The number of pyridine rings is 1. The van der Waals surface area contributed by atoms with Gasteiger partial charge in [-0.1, -0.05) is 78.9 Å². The fourth-order valence-electron chi connectivity index (χ4n) is 4.79. The van der Waals surface area contributed by atoms with Crippen LogP contribution in [0.15, 0.2) is 109 Å². The van der Waals surface area contributed by atoms with Crippen molar-refractivity contribution in [3.8, 4) is 16.8 Å². The first-order chi connectivity index (χ1) is 15.9. The van der Waals surface area contributed by atoms with Gasteiger partial charge >= 0.3 is 0 Å². The number of thiophene rings is 1. The summed E-state index contributed by atoms with van der Waals surface area (Å²) in [6, 6.07) is 36.6. The third-order valence-electron chi connectivity index (χ3n) is 6.26. The van der Waals surface area contributed by atoms with E-state index in [2.05, 4.69) is 108 Å². The lowest BCUT2D eigenvalue weighted by molar-refractivity contribution is 1.17. The zero-order valence-corrected chi connectivity index (χ0v) is 18.0. The van der Waals surface area contributed by atoms with Gasteiger partial charge in [-0.15, -0.1) is 11.3 Å². The van der Waals surface area contributed by atoms with E-state index in [4.69, 9.17) is 4.98 Å². The second kappa shape index (κ2) is 6.78.